The molecule has 3 aromatic rings. The smallest absolute Gasteiger partial charge is 0.240 e. The first kappa shape index (κ1) is 19.5. The highest BCUT2D eigenvalue weighted by Crippen LogP contribution is 2.37. The molecule has 4 rings (SSSR count). The molecule has 0 spiro atoms. The van der Waals surface area contributed by atoms with Crippen molar-refractivity contribution < 1.29 is 4.79 Å². The fourth-order valence-corrected chi connectivity index (χ4v) is 4.53. The van der Waals surface area contributed by atoms with Crippen molar-refractivity contribution in [1.82, 2.24) is 14.9 Å². The number of para-hydroxylation sites is 1. The fourth-order valence-electron chi connectivity index (χ4n) is 3.43. The molecule has 1 amide bonds. The van der Waals surface area contributed by atoms with Crippen LogP contribution in [0.1, 0.15) is 43.3 Å². The van der Waals surface area contributed by atoms with Crippen LogP contribution >= 0.6 is 11.8 Å². The van der Waals surface area contributed by atoms with Crippen molar-refractivity contribution in [3.05, 3.63) is 71.5 Å². The Morgan fingerprint density at radius 2 is 1.86 bits per heavy atom. The molecule has 0 radical (unpaired) electrons. The molecule has 0 bridgehead atoms. The Morgan fingerprint density at radius 1 is 1.10 bits per heavy atom. The van der Waals surface area contributed by atoms with Crippen molar-refractivity contribution in [3.63, 3.8) is 0 Å². The molecule has 6 nitrogen and oxygen atoms in total. The molecule has 2 atom stereocenters. The van der Waals surface area contributed by atoms with Crippen LogP contribution in [0.4, 0.5) is 5.69 Å². The SMILES string of the molecule is CCCc1nnc2n1N[C@H](c1ccc(CC)cc1)[C@@H](C(=O)Nc1ccccc1)S2. The number of nitrogens with zero attached hydrogens (tertiary/aromatic N) is 3. The van der Waals surface area contributed by atoms with E-state index in [1.807, 2.05) is 35.0 Å². The summed E-state index contributed by atoms with van der Waals surface area (Å²) in [5, 5.41) is 12.0. The molecule has 0 saturated heterocycles. The van der Waals surface area contributed by atoms with Gasteiger partial charge in [0.2, 0.25) is 11.1 Å². The van der Waals surface area contributed by atoms with Gasteiger partial charge in [-0.1, -0.05) is 68.1 Å². The highest BCUT2D eigenvalue weighted by Gasteiger charge is 2.37. The summed E-state index contributed by atoms with van der Waals surface area (Å²) in [6.07, 6.45) is 2.81. The molecule has 2 aromatic carbocycles. The van der Waals surface area contributed by atoms with Gasteiger partial charge in [-0.2, -0.15) is 0 Å². The lowest BCUT2D eigenvalue weighted by molar-refractivity contribution is -0.116. The number of amides is 1. The highest BCUT2D eigenvalue weighted by atomic mass is 32.2. The third-order valence-corrected chi connectivity index (χ3v) is 6.24. The van der Waals surface area contributed by atoms with Crippen LogP contribution in [0.25, 0.3) is 0 Å². The number of fused-ring (bicyclic) bond motifs is 1. The van der Waals surface area contributed by atoms with Crippen molar-refractivity contribution in [2.75, 3.05) is 10.7 Å². The van der Waals surface area contributed by atoms with Crippen molar-refractivity contribution >= 4 is 23.4 Å². The van der Waals surface area contributed by atoms with Crippen LogP contribution in [-0.4, -0.2) is 26.0 Å². The molecule has 29 heavy (non-hydrogen) atoms. The van der Waals surface area contributed by atoms with Crippen molar-refractivity contribution in [2.45, 2.75) is 49.6 Å². The maximum atomic E-state index is 13.2. The minimum atomic E-state index is -0.367. The first-order chi connectivity index (χ1) is 14.2. The number of anilines is 1. The Morgan fingerprint density at radius 3 is 2.55 bits per heavy atom. The summed E-state index contributed by atoms with van der Waals surface area (Å²) in [6.45, 7) is 4.26. The van der Waals surface area contributed by atoms with Crippen LogP contribution in [0, 0.1) is 0 Å². The second-order valence-electron chi connectivity index (χ2n) is 7.08. The molecule has 1 aliphatic rings. The number of aromatic nitrogens is 3. The van der Waals surface area contributed by atoms with Gasteiger partial charge >= 0.3 is 0 Å². The topological polar surface area (TPSA) is 71.8 Å². The van der Waals surface area contributed by atoms with Crippen LogP contribution in [0.3, 0.4) is 0 Å². The molecular weight excluding hydrogens is 382 g/mol. The molecule has 0 saturated carbocycles. The van der Waals surface area contributed by atoms with Gasteiger partial charge in [0, 0.05) is 12.1 Å². The van der Waals surface area contributed by atoms with Gasteiger partial charge in [-0.3, -0.25) is 4.79 Å². The van der Waals surface area contributed by atoms with Crippen LogP contribution in [0.2, 0.25) is 0 Å². The van der Waals surface area contributed by atoms with Gasteiger partial charge in [0.15, 0.2) is 5.82 Å². The minimum Gasteiger partial charge on any atom is -0.325 e. The number of benzene rings is 2. The minimum absolute atomic E-state index is 0.0513. The molecule has 2 heterocycles. The summed E-state index contributed by atoms with van der Waals surface area (Å²) in [5.41, 5.74) is 6.65. The van der Waals surface area contributed by atoms with Gasteiger partial charge in [-0.15, -0.1) is 10.2 Å². The third kappa shape index (κ3) is 4.15. The number of hydrogen-bond donors (Lipinski definition) is 2. The van der Waals surface area contributed by atoms with Crippen LogP contribution < -0.4 is 10.7 Å². The van der Waals surface area contributed by atoms with Crippen LogP contribution in [0.15, 0.2) is 59.8 Å². The second kappa shape index (κ2) is 8.69. The van der Waals surface area contributed by atoms with E-state index in [-0.39, 0.29) is 17.2 Å². The number of aryl methyl sites for hydroxylation is 2. The third-order valence-electron chi connectivity index (χ3n) is 5.02. The highest BCUT2D eigenvalue weighted by molar-refractivity contribution is 8.00. The largest absolute Gasteiger partial charge is 0.325 e. The van der Waals surface area contributed by atoms with Gasteiger partial charge in [-0.05, 0) is 36.1 Å². The lowest BCUT2D eigenvalue weighted by Gasteiger charge is -2.33. The Kier molecular flexibility index (Phi) is 5.85. The van der Waals surface area contributed by atoms with E-state index >= 15 is 0 Å². The van der Waals surface area contributed by atoms with E-state index in [4.69, 9.17) is 0 Å². The predicted octanol–water partition coefficient (Wildman–Crippen LogP) is 4.19. The van der Waals surface area contributed by atoms with E-state index in [0.717, 1.165) is 41.5 Å². The summed E-state index contributed by atoms with van der Waals surface area (Å²) >= 11 is 1.46. The van der Waals surface area contributed by atoms with E-state index in [0.29, 0.717) is 0 Å². The number of carbonyl (C=O) groups is 1. The van der Waals surface area contributed by atoms with E-state index < -0.39 is 0 Å². The summed E-state index contributed by atoms with van der Waals surface area (Å²) in [6, 6.07) is 17.8. The first-order valence-corrected chi connectivity index (χ1v) is 10.9. The summed E-state index contributed by atoms with van der Waals surface area (Å²) in [4.78, 5) is 13.2. The Hall–Kier alpha value is -2.80. The lowest BCUT2D eigenvalue weighted by atomic mass is 10.0. The van der Waals surface area contributed by atoms with Crippen molar-refractivity contribution in [1.29, 1.82) is 0 Å². The quantitative estimate of drug-likeness (QED) is 0.641. The molecule has 0 aliphatic carbocycles. The van der Waals surface area contributed by atoms with E-state index in [1.54, 1.807) is 0 Å². The van der Waals surface area contributed by atoms with Crippen LogP contribution in [-0.2, 0) is 17.6 Å². The van der Waals surface area contributed by atoms with Gasteiger partial charge in [0.1, 0.15) is 5.25 Å². The number of carbonyl (C=O) groups excluding carboxylic acids is 1. The maximum absolute atomic E-state index is 13.2. The molecule has 0 fully saturated rings. The van der Waals surface area contributed by atoms with Crippen molar-refractivity contribution in [2.24, 2.45) is 0 Å². The lowest BCUT2D eigenvalue weighted by Crippen LogP contribution is -2.41. The van der Waals surface area contributed by atoms with E-state index in [1.165, 1.54) is 17.3 Å². The summed E-state index contributed by atoms with van der Waals surface area (Å²) in [5.74, 6) is 0.844. The molecule has 2 N–H and O–H groups in total. The van der Waals surface area contributed by atoms with Crippen LogP contribution in [0.5, 0.6) is 0 Å². The van der Waals surface area contributed by atoms with Gasteiger partial charge in [-0.25, -0.2) is 4.68 Å². The zero-order valence-corrected chi connectivity index (χ0v) is 17.4. The number of nitrogens with one attached hydrogen (secondary N) is 2. The number of hydrogen-bond acceptors (Lipinski definition) is 5. The van der Waals surface area contributed by atoms with E-state index in [9.17, 15) is 4.79 Å². The summed E-state index contributed by atoms with van der Waals surface area (Å²) < 4.78 is 1.94. The monoisotopic (exact) mass is 407 g/mol. The first-order valence-electron chi connectivity index (χ1n) is 10.0. The number of rotatable bonds is 6. The van der Waals surface area contributed by atoms with E-state index in [2.05, 4.69) is 59.1 Å². The van der Waals surface area contributed by atoms with Gasteiger partial charge in [0.25, 0.3) is 0 Å². The molecular formula is C22H25N5OS. The molecule has 1 aromatic heterocycles. The standard InChI is InChI=1S/C22H25N5OS/c1-3-8-18-24-25-22-27(18)26-19(16-13-11-15(4-2)12-14-16)20(29-22)21(28)23-17-9-6-5-7-10-17/h5-7,9-14,19-20,26H,3-4,8H2,1-2H3,(H,23,28)/t19-,20+/m1/s1. The second-order valence-corrected chi connectivity index (χ2v) is 8.19. The zero-order valence-electron chi connectivity index (χ0n) is 16.6. The molecule has 150 valence electrons. The Bertz CT molecular complexity index is 971. The normalized spacial score (nSPS) is 18.0. The fraction of sp³-hybridized carbons (Fsp3) is 0.318. The van der Waals surface area contributed by atoms with Crippen molar-refractivity contribution in [3.8, 4) is 0 Å². The molecule has 0 unspecified atom stereocenters. The Labute approximate surface area is 175 Å². The zero-order chi connectivity index (χ0) is 20.2. The Balaban J connectivity index is 1.66. The molecule has 1 aliphatic heterocycles. The maximum Gasteiger partial charge on any atom is 0.240 e. The van der Waals surface area contributed by atoms with Gasteiger partial charge in [0.05, 0.1) is 6.04 Å². The number of thioether (sulfide) groups is 1. The average molecular weight is 408 g/mol. The summed E-state index contributed by atoms with van der Waals surface area (Å²) in [7, 11) is 0. The van der Waals surface area contributed by atoms with Gasteiger partial charge < -0.3 is 10.7 Å². The average Bonchev–Trinajstić information content (AvgIpc) is 3.16. The predicted molar refractivity (Wildman–Crippen MR) is 117 cm³/mol. The molecule has 7 heteroatoms.